The SMILES string of the molecule is CCN(CC)c1cc(Nc2ccc(NC(=O)c3ccc(C)cc3C)cc2)nc(C)n1. The van der Waals surface area contributed by atoms with Gasteiger partial charge in [-0.25, -0.2) is 9.97 Å². The third kappa shape index (κ3) is 5.14. The molecule has 30 heavy (non-hydrogen) atoms. The number of carbonyl (C=O) groups is 1. The molecule has 0 aliphatic rings. The lowest BCUT2D eigenvalue weighted by Crippen LogP contribution is -2.23. The van der Waals surface area contributed by atoms with Crippen molar-refractivity contribution >= 4 is 28.9 Å². The molecule has 2 aromatic carbocycles. The zero-order valence-corrected chi connectivity index (χ0v) is 18.3. The maximum atomic E-state index is 12.6. The van der Waals surface area contributed by atoms with Crippen molar-refractivity contribution in [1.82, 2.24) is 9.97 Å². The van der Waals surface area contributed by atoms with E-state index in [1.165, 1.54) is 0 Å². The van der Waals surface area contributed by atoms with E-state index in [4.69, 9.17) is 0 Å². The van der Waals surface area contributed by atoms with Crippen molar-refractivity contribution in [2.24, 2.45) is 0 Å². The van der Waals surface area contributed by atoms with Gasteiger partial charge in [0, 0.05) is 36.1 Å². The lowest BCUT2D eigenvalue weighted by atomic mass is 10.1. The van der Waals surface area contributed by atoms with Crippen molar-refractivity contribution < 1.29 is 4.79 Å². The van der Waals surface area contributed by atoms with Crippen LogP contribution >= 0.6 is 0 Å². The molecule has 0 fully saturated rings. The number of hydrogen-bond donors (Lipinski definition) is 2. The van der Waals surface area contributed by atoms with Gasteiger partial charge in [-0.05, 0) is 70.5 Å². The standard InChI is InChI=1S/C24H29N5O/c1-6-29(7-2)23-15-22(25-18(5)26-23)27-19-9-11-20(12-10-19)28-24(30)21-13-8-16(3)14-17(21)4/h8-15H,6-7H2,1-5H3,(H,28,30)(H,25,26,27). The summed E-state index contributed by atoms with van der Waals surface area (Å²) in [6.45, 7) is 11.9. The number of carbonyl (C=O) groups excluding carboxylic acids is 1. The molecule has 3 rings (SSSR count). The molecular weight excluding hydrogens is 374 g/mol. The molecule has 0 unspecified atom stereocenters. The first-order valence-corrected chi connectivity index (χ1v) is 10.3. The van der Waals surface area contributed by atoms with Crippen molar-refractivity contribution in [1.29, 1.82) is 0 Å². The Bertz CT molecular complexity index is 1030. The summed E-state index contributed by atoms with van der Waals surface area (Å²) in [5.74, 6) is 2.27. The lowest BCUT2D eigenvalue weighted by molar-refractivity contribution is 0.102. The molecule has 0 aliphatic heterocycles. The molecule has 1 amide bonds. The molecule has 0 bridgehead atoms. The number of aryl methyl sites for hydroxylation is 3. The molecule has 0 radical (unpaired) electrons. The summed E-state index contributed by atoms with van der Waals surface area (Å²) < 4.78 is 0. The van der Waals surface area contributed by atoms with Crippen molar-refractivity contribution in [2.75, 3.05) is 28.6 Å². The predicted molar refractivity (Wildman–Crippen MR) is 124 cm³/mol. The summed E-state index contributed by atoms with van der Waals surface area (Å²) in [6.07, 6.45) is 0. The van der Waals surface area contributed by atoms with Gasteiger partial charge < -0.3 is 15.5 Å². The van der Waals surface area contributed by atoms with E-state index in [9.17, 15) is 4.79 Å². The second-order valence-corrected chi connectivity index (χ2v) is 7.31. The molecule has 0 spiro atoms. The first-order valence-electron chi connectivity index (χ1n) is 10.3. The van der Waals surface area contributed by atoms with Gasteiger partial charge in [-0.2, -0.15) is 0 Å². The van der Waals surface area contributed by atoms with Gasteiger partial charge in [0.05, 0.1) is 0 Å². The summed E-state index contributed by atoms with van der Waals surface area (Å²) in [6, 6.07) is 15.4. The minimum absolute atomic E-state index is 0.108. The molecule has 156 valence electrons. The smallest absolute Gasteiger partial charge is 0.255 e. The molecule has 3 aromatic rings. The first kappa shape index (κ1) is 21.3. The summed E-state index contributed by atoms with van der Waals surface area (Å²) in [5.41, 5.74) is 4.43. The van der Waals surface area contributed by atoms with Crippen molar-refractivity contribution in [3.63, 3.8) is 0 Å². The van der Waals surface area contributed by atoms with E-state index in [-0.39, 0.29) is 5.91 Å². The minimum atomic E-state index is -0.108. The monoisotopic (exact) mass is 403 g/mol. The molecule has 2 N–H and O–H groups in total. The fourth-order valence-electron chi connectivity index (χ4n) is 3.38. The second kappa shape index (κ2) is 9.39. The molecular formula is C24H29N5O. The van der Waals surface area contributed by atoms with Gasteiger partial charge in [-0.15, -0.1) is 0 Å². The van der Waals surface area contributed by atoms with Crippen LogP contribution in [0.3, 0.4) is 0 Å². The summed E-state index contributed by atoms with van der Waals surface area (Å²) in [7, 11) is 0. The van der Waals surface area contributed by atoms with Crippen LogP contribution < -0.4 is 15.5 Å². The Labute approximate surface area is 178 Å². The summed E-state index contributed by atoms with van der Waals surface area (Å²) in [5, 5.41) is 6.28. The number of nitrogens with zero attached hydrogens (tertiary/aromatic N) is 3. The summed E-state index contributed by atoms with van der Waals surface area (Å²) in [4.78, 5) is 23.8. The number of hydrogen-bond acceptors (Lipinski definition) is 5. The number of aromatic nitrogens is 2. The van der Waals surface area contributed by atoms with Gasteiger partial charge in [0.2, 0.25) is 0 Å². The number of nitrogens with one attached hydrogen (secondary N) is 2. The number of anilines is 4. The van der Waals surface area contributed by atoms with Gasteiger partial charge >= 0.3 is 0 Å². The van der Waals surface area contributed by atoms with E-state index in [2.05, 4.69) is 39.3 Å². The van der Waals surface area contributed by atoms with Crippen LogP contribution in [0.2, 0.25) is 0 Å². The highest BCUT2D eigenvalue weighted by Gasteiger charge is 2.10. The predicted octanol–water partition coefficient (Wildman–Crippen LogP) is 5.24. The highest BCUT2D eigenvalue weighted by Crippen LogP contribution is 2.22. The average Bonchev–Trinajstić information content (AvgIpc) is 2.70. The topological polar surface area (TPSA) is 70.2 Å². The van der Waals surface area contributed by atoms with E-state index < -0.39 is 0 Å². The van der Waals surface area contributed by atoms with Gasteiger partial charge in [0.1, 0.15) is 17.5 Å². The van der Waals surface area contributed by atoms with Crippen LogP contribution in [0.1, 0.15) is 41.2 Å². The van der Waals surface area contributed by atoms with Crippen LogP contribution in [-0.4, -0.2) is 29.0 Å². The highest BCUT2D eigenvalue weighted by atomic mass is 16.1. The van der Waals surface area contributed by atoms with Gasteiger partial charge in [0.15, 0.2) is 0 Å². The van der Waals surface area contributed by atoms with Crippen LogP contribution in [0.15, 0.2) is 48.5 Å². The van der Waals surface area contributed by atoms with Crippen molar-refractivity contribution in [3.05, 3.63) is 71.0 Å². The van der Waals surface area contributed by atoms with E-state index in [1.54, 1.807) is 0 Å². The summed E-state index contributed by atoms with van der Waals surface area (Å²) >= 11 is 0. The van der Waals surface area contributed by atoms with E-state index in [0.29, 0.717) is 5.56 Å². The maximum Gasteiger partial charge on any atom is 0.255 e. The van der Waals surface area contributed by atoms with Crippen molar-refractivity contribution in [2.45, 2.75) is 34.6 Å². The molecule has 0 saturated carbocycles. The molecule has 6 nitrogen and oxygen atoms in total. The number of benzene rings is 2. The maximum absolute atomic E-state index is 12.6. The Morgan fingerprint density at radius 3 is 2.20 bits per heavy atom. The highest BCUT2D eigenvalue weighted by molar-refractivity contribution is 6.05. The molecule has 6 heteroatoms. The van der Waals surface area contributed by atoms with E-state index in [0.717, 1.165) is 53.1 Å². The molecule has 0 aliphatic carbocycles. The van der Waals surface area contributed by atoms with Gasteiger partial charge in [-0.3, -0.25) is 4.79 Å². The second-order valence-electron chi connectivity index (χ2n) is 7.31. The van der Waals surface area contributed by atoms with Gasteiger partial charge in [-0.1, -0.05) is 17.7 Å². The van der Waals surface area contributed by atoms with Crippen LogP contribution in [0.5, 0.6) is 0 Å². The fraction of sp³-hybridized carbons (Fsp3) is 0.292. The Kier molecular flexibility index (Phi) is 6.67. The minimum Gasteiger partial charge on any atom is -0.357 e. The lowest BCUT2D eigenvalue weighted by Gasteiger charge is -2.20. The third-order valence-corrected chi connectivity index (χ3v) is 4.95. The average molecular weight is 404 g/mol. The zero-order chi connectivity index (χ0) is 21.7. The Morgan fingerprint density at radius 2 is 1.57 bits per heavy atom. The molecule has 0 atom stereocenters. The van der Waals surface area contributed by atoms with Crippen molar-refractivity contribution in [3.8, 4) is 0 Å². The quantitative estimate of drug-likeness (QED) is 0.564. The van der Waals surface area contributed by atoms with Crippen LogP contribution in [0, 0.1) is 20.8 Å². The van der Waals surface area contributed by atoms with Crippen LogP contribution in [0.25, 0.3) is 0 Å². The van der Waals surface area contributed by atoms with E-state index >= 15 is 0 Å². The van der Waals surface area contributed by atoms with Crippen LogP contribution in [-0.2, 0) is 0 Å². The normalized spacial score (nSPS) is 10.6. The number of amides is 1. The first-order chi connectivity index (χ1) is 14.4. The third-order valence-electron chi connectivity index (χ3n) is 4.95. The molecule has 0 saturated heterocycles. The Hall–Kier alpha value is -3.41. The van der Waals surface area contributed by atoms with Crippen LogP contribution in [0.4, 0.5) is 23.0 Å². The molecule has 1 aromatic heterocycles. The Balaban J connectivity index is 1.71. The fourth-order valence-corrected chi connectivity index (χ4v) is 3.38. The number of rotatable bonds is 7. The molecule has 1 heterocycles. The Morgan fingerprint density at radius 1 is 0.900 bits per heavy atom. The zero-order valence-electron chi connectivity index (χ0n) is 18.3. The largest absolute Gasteiger partial charge is 0.357 e. The van der Waals surface area contributed by atoms with Gasteiger partial charge in [0.25, 0.3) is 5.91 Å². The van der Waals surface area contributed by atoms with E-state index in [1.807, 2.05) is 69.3 Å².